The molecule has 8 heteroatoms. The van der Waals surface area contributed by atoms with Crippen LogP contribution in [0.2, 0.25) is 0 Å². The van der Waals surface area contributed by atoms with Crippen LogP contribution in [0.4, 0.5) is 0 Å². The van der Waals surface area contributed by atoms with Crippen LogP contribution in [0, 0.1) is 13.8 Å². The molecule has 0 unspecified atom stereocenters. The summed E-state index contributed by atoms with van der Waals surface area (Å²) in [5, 5.41) is 14.5. The molecule has 0 spiro atoms. The van der Waals surface area contributed by atoms with Crippen molar-refractivity contribution in [2.45, 2.75) is 20.4 Å². The van der Waals surface area contributed by atoms with Gasteiger partial charge < -0.3 is 10.1 Å². The Morgan fingerprint density at radius 1 is 1.12 bits per heavy atom. The van der Waals surface area contributed by atoms with Crippen LogP contribution in [0.5, 0.6) is 5.75 Å². The highest BCUT2D eigenvalue weighted by Crippen LogP contribution is 2.20. The molecule has 0 bridgehead atoms. The van der Waals surface area contributed by atoms with E-state index in [1.807, 2.05) is 73.1 Å². The number of aromatic nitrogens is 5. The number of ether oxygens (including phenoxy) is 1. The van der Waals surface area contributed by atoms with E-state index in [0.29, 0.717) is 11.6 Å². The van der Waals surface area contributed by atoms with E-state index in [1.54, 1.807) is 13.2 Å². The summed E-state index contributed by atoms with van der Waals surface area (Å²) < 4.78 is 7.04. The third-order valence-corrected chi connectivity index (χ3v) is 5.06. The number of rotatable bonds is 7. The Morgan fingerprint density at radius 3 is 2.59 bits per heavy atom. The largest absolute Gasteiger partial charge is 0.497 e. The first kappa shape index (κ1) is 21.0. The second-order valence-electron chi connectivity index (χ2n) is 7.22. The highest BCUT2D eigenvalue weighted by molar-refractivity contribution is 5.91. The maximum Gasteiger partial charge on any atom is 0.244 e. The number of para-hydroxylation sites is 1. The van der Waals surface area contributed by atoms with Crippen molar-refractivity contribution < 1.29 is 9.53 Å². The van der Waals surface area contributed by atoms with Gasteiger partial charge in [0.25, 0.3) is 0 Å². The molecule has 0 aliphatic heterocycles. The van der Waals surface area contributed by atoms with Gasteiger partial charge in [-0.15, -0.1) is 0 Å². The van der Waals surface area contributed by atoms with E-state index in [4.69, 9.17) is 4.74 Å². The van der Waals surface area contributed by atoms with Gasteiger partial charge in [-0.2, -0.15) is 10.2 Å². The van der Waals surface area contributed by atoms with Gasteiger partial charge in [-0.1, -0.05) is 18.2 Å². The smallest absolute Gasteiger partial charge is 0.244 e. The maximum atomic E-state index is 12.3. The summed E-state index contributed by atoms with van der Waals surface area (Å²) in [7, 11) is 1.62. The molecule has 162 valence electrons. The molecule has 1 amide bonds. The normalized spacial score (nSPS) is 11.1. The molecule has 2 N–H and O–H groups in total. The van der Waals surface area contributed by atoms with Gasteiger partial charge in [0.2, 0.25) is 5.91 Å². The Morgan fingerprint density at radius 2 is 1.88 bits per heavy atom. The summed E-state index contributed by atoms with van der Waals surface area (Å²) in [6, 6.07) is 17.4. The van der Waals surface area contributed by atoms with Crippen molar-refractivity contribution in [1.29, 1.82) is 0 Å². The molecule has 0 saturated heterocycles. The van der Waals surface area contributed by atoms with Crippen molar-refractivity contribution >= 4 is 12.0 Å². The second kappa shape index (κ2) is 9.30. The highest BCUT2D eigenvalue weighted by Gasteiger charge is 2.11. The fourth-order valence-corrected chi connectivity index (χ4v) is 3.35. The summed E-state index contributed by atoms with van der Waals surface area (Å²) >= 11 is 0. The van der Waals surface area contributed by atoms with Gasteiger partial charge in [0.05, 0.1) is 25.0 Å². The minimum absolute atomic E-state index is 0.223. The van der Waals surface area contributed by atoms with Crippen molar-refractivity contribution in [2.75, 3.05) is 7.11 Å². The number of aryl methyl sites for hydroxylation is 1. The molecule has 0 aliphatic carbocycles. The van der Waals surface area contributed by atoms with Crippen LogP contribution >= 0.6 is 0 Å². The average Bonchev–Trinajstić information content (AvgIpc) is 3.41. The van der Waals surface area contributed by atoms with E-state index in [9.17, 15) is 4.79 Å². The molecule has 32 heavy (non-hydrogen) atoms. The standard InChI is InChI=1S/C24H24N6O2/c1-16-21(17(2)30(29-16)19-7-5-4-6-8-19)13-14-23(31)25-15-22-26-24(28-27-22)18-9-11-20(32-3)12-10-18/h4-14H,15H2,1-3H3,(H,25,31)(H,26,27,28)/b14-13+. The van der Waals surface area contributed by atoms with Gasteiger partial charge in [-0.3, -0.25) is 9.89 Å². The van der Waals surface area contributed by atoms with E-state index < -0.39 is 0 Å². The topological polar surface area (TPSA) is 97.7 Å². The van der Waals surface area contributed by atoms with Crippen LogP contribution < -0.4 is 10.1 Å². The molecular formula is C24H24N6O2. The van der Waals surface area contributed by atoms with Crippen LogP contribution in [0.15, 0.2) is 60.7 Å². The summed E-state index contributed by atoms with van der Waals surface area (Å²) in [4.78, 5) is 16.8. The number of methoxy groups -OCH3 is 1. The number of aromatic amines is 1. The highest BCUT2D eigenvalue weighted by atomic mass is 16.5. The first-order chi connectivity index (χ1) is 15.5. The minimum atomic E-state index is -0.223. The van der Waals surface area contributed by atoms with E-state index >= 15 is 0 Å². The first-order valence-corrected chi connectivity index (χ1v) is 10.2. The molecule has 0 radical (unpaired) electrons. The van der Waals surface area contributed by atoms with Crippen LogP contribution in [0.3, 0.4) is 0 Å². The second-order valence-corrected chi connectivity index (χ2v) is 7.22. The van der Waals surface area contributed by atoms with E-state index in [2.05, 4.69) is 25.6 Å². The quantitative estimate of drug-likeness (QED) is 0.438. The van der Waals surface area contributed by atoms with Crippen LogP contribution in [0.1, 0.15) is 22.8 Å². The first-order valence-electron chi connectivity index (χ1n) is 10.2. The summed E-state index contributed by atoms with van der Waals surface area (Å²) in [6.45, 7) is 4.16. The van der Waals surface area contributed by atoms with Crippen LogP contribution in [-0.2, 0) is 11.3 Å². The Kier molecular flexibility index (Phi) is 6.12. The fraction of sp³-hybridized carbons (Fsp3) is 0.167. The Balaban J connectivity index is 1.38. The third kappa shape index (κ3) is 4.59. The number of carbonyl (C=O) groups is 1. The zero-order valence-corrected chi connectivity index (χ0v) is 18.2. The Labute approximate surface area is 186 Å². The molecule has 2 aromatic carbocycles. The maximum absolute atomic E-state index is 12.3. The third-order valence-electron chi connectivity index (χ3n) is 5.06. The predicted molar refractivity (Wildman–Crippen MR) is 122 cm³/mol. The molecule has 0 atom stereocenters. The lowest BCUT2D eigenvalue weighted by atomic mass is 10.2. The van der Waals surface area contributed by atoms with Gasteiger partial charge >= 0.3 is 0 Å². The molecule has 4 aromatic rings. The number of carbonyl (C=O) groups excluding carboxylic acids is 1. The summed E-state index contributed by atoms with van der Waals surface area (Å²) in [6.07, 6.45) is 3.29. The number of nitrogens with one attached hydrogen (secondary N) is 2. The lowest BCUT2D eigenvalue weighted by Gasteiger charge is -2.03. The molecule has 8 nitrogen and oxygen atoms in total. The van der Waals surface area contributed by atoms with Gasteiger partial charge in [0.15, 0.2) is 5.82 Å². The van der Waals surface area contributed by atoms with Crippen LogP contribution in [-0.4, -0.2) is 38.0 Å². The van der Waals surface area contributed by atoms with Crippen molar-refractivity contribution in [2.24, 2.45) is 0 Å². The molecular weight excluding hydrogens is 404 g/mol. The molecule has 0 aliphatic rings. The van der Waals surface area contributed by atoms with Crippen molar-refractivity contribution in [3.8, 4) is 22.8 Å². The Bertz CT molecular complexity index is 1240. The molecule has 2 aromatic heterocycles. The SMILES string of the molecule is COc1ccc(-c2n[nH]c(CNC(=O)/C=C/c3c(C)nn(-c4ccccc4)c3C)n2)cc1. The average molecular weight is 428 g/mol. The number of hydrogen-bond acceptors (Lipinski definition) is 5. The lowest BCUT2D eigenvalue weighted by Crippen LogP contribution is -2.21. The molecule has 0 saturated carbocycles. The monoisotopic (exact) mass is 428 g/mol. The van der Waals surface area contributed by atoms with Crippen LogP contribution in [0.25, 0.3) is 23.2 Å². The van der Waals surface area contributed by atoms with Crippen molar-refractivity contribution in [3.63, 3.8) is 0 Å². The molecule has 0 fully saturated rings. The minimum Gasteiger partial charge on any atom is -0.497 e. The van der Waals surface area contributed by atoms with E-state index in [0.717, 1.165) is 34.0 Å². The van der Waals surface area contributed by atoms with Gasteiger partial charge in [-0.05, 0) is 56.3 Å². The van der Waals surface area contributed by atoms with E-state index in [1.165, 1.54) is 6.08 Å². The zero-order chi connectivity index (χ0) is 22.5. The zero-order valence-electron chi connectivity index (χ0n) is 18.2. The number of H-pyrrole nitrogens is 1. The molecule has 2 heterocycles. The summed E-state index contributed by atoms with van der Waals surface area (Å²) in [5.74, 6) is 1.68. The van der Waals surface area contributed by atoms with Gasteiger partial charge in [-0.25, -0.2) is 9.67 Å². The van der Waals surface area contributed by atoms with Gasteiger partial charge in [0.1, 0.15) is 11.6 Å². The number of nitrogens with zero attached hydrogens (tertiary/aromatic N) is 4. The van der Waals surface area contributed by atoms with E-state index in [-0.39, 0.29) is 12.5 Å². The number of amides is 1. The Hall–Kier alpha value is -4.20. The number of benzene rings is 2. The summed E-state index contributed by atoms with van der Waals surface area (Å²) in [5.41, 5.74) is 4.59. The predicted octanol–water partition coefficient (Wildman–Crippen LogP) is 3.61. The molecule has 4 rings (SSSR count). The van der Waals surface area contributed by atoms with Crippen molar-refractivity contribution in [1.82, 2.24) is 30.3 Å². The lowest BCUT2D eigenvalue weighted by molar-refractivity contribution is -0.116. The van der Waals surface area contributed by atoms with Gasteiger partial charge in [0, 0.05) is 22.9 Å². The number of hydrogen-bond donors (Lipinski definition) is 2. The fourth-order valence-electron chi connectivity index (χ4n) is 3.35. The van der Waals surface area contributed by atoms with Crippen molar-refractivity contribution in [3.05, 3.63) is 83.4 Å².